The second-order valence-electron chi connectivity index (χ2n) is 6.03. The maximum Gasteiger partial charge on any atom is 0.0673 e. The molecule has 1 unspecified atom stereocenters. The van der Waals surface area contributed by atoms with E-state index in [2.05, 4.69) is 30.1 Å². The highest BCUT2D eigenvalue weighted by Crippen LogP contribution is 2.21. The highest BCUT2D eigenvalue weighted by molar-refractivity contribution is 5.08. The third-order valence-corrected chi connectivity index (χ3v) is 4.10. The summed E-state index contributed by atoms with van der Waals surface area (Å²) in [7, 11) is 1.78. The van der Waals surface area contributed by atoms with Crippen LogP contribution >= 0.6 is 0 Å². The van der Waals surface area contributed by atoms with Crippen LogP contribution in [-0.2, 0) is 4.74 Å². The Morgan fingerprint density at radius 1 is 1.44 bits per heavy atom. The molecule has 3 heteroatoms. The second-order valence-corrected chi connectivity index (χ2v) is 6.03. The fourth-order valence-electron chi connectivity index (χ4n) is 2.71. The van der Waals surface area contributed by atoms with E-state index < -0.39 is 0 Å². The van der Waals surface area contributed by atoms with E-state index in [1.54, 1.807) is 7.11 Å². The largest absolute Gasteiger partial charge is 0.380 e. The van der Waals surface area contributed by atoms with E-state index in [-0.39, 0.29) is 0 Å². The van der Waals surface area contributed by atoms with Crippen molar-refractivity contribution in [2.75, 3.05) is 33.4 Å². The molecule has 0 radical (unpaired) electrons. The molecule has 0 aromatic rings. The van der Waals surface area contributed by atoms with E-state index in [9.17, 15) is 0 Å². The van der Waals surface area contributed by atoms with Crippen molar-refractivity contribution in [3.63, 3.8) is 0 Å². The van der Waals surface area contributed by atoms with Gasteiger partial charge in [0.25, 0.3) is 0 Å². The van der Waals surface area contributed by atoms with Gasteiger partial charge in [0.15, 0.2) is 0 Å². The maximum atomic E-state index is 5.21. The first-order valence-corrected chi connectivity index (χ1v) is 7.35. The lowest BCUT2D eigenvalue weighted by molar-refractivity contribution is 0.154. The molecule has 0 bridgehead atoms. The van der Waals surface area contributed by atoms with Crippen molar-refractivity contribution in [3.8, 4) is 0 Å². The minimum atomic E-state index is 0.672. The van der Waals surface area contributed by atoms with E-state index in [1.807, 2.05) is 0 Å². The Kier molecular flexibility index (Phi) is 5.22. The van der Waals surface area contributed by atoms with Crippen molar-refractivity contribution in [2.24, 2.45) is 5.92 Å². The lowest BCUT2D eigenvalue weighted by atomic mass is 9.99. The Balaban J connectivity index is 1.82. The van der Waals surface area contributed by atoms with E-state index >= 15 is 0 Å². The van der Waals surface area contributed by atoms with Crippen molar-refractivity contribution in [2.45, 2.75) is 45.2 Å². The van der Waals surface area contributed by atoms with Crippen LogP contribution in [0.3, 0.4) is 0 Å². The third kappa shape index (κ3) is 4.08. The highest BCUT2D eigenvalue weighted by Gasteiger charge is 2.27. The van der Waals surface area contributed by atoms with Crippen molar-refractivity contribution >= 4 is 0 Å². The van der Waals surface area contributed by atoms with Gasteiger partial charge in [0, 0.05) is 38.8 Å². The molecule has 0 aromatic heterocycles. The highest BCUT2D eigenvalue weighted by atomic mass is 16.5. The standard InChI is InChI=1S/C15H28N2O/c1-12(2)15(10-16-14-4-5-14)17-8-6-13(7-9-17)11-18-3/h6,12,14-16H,4-5,7-11H2,1-3H3. The van der Waals surface area contributed by atoms with Gasteiger partial charge in [0.1, 0.15) is 0 Å². The average Bonchev–Trinajstić information content (AvgIpc) is 3.15. The molecule has 104 valence electrons. The maximum absolute atomic E-state index is 5.21. The number of ether oxygens (including phenoxy) is 1. The molecule has 18 heavy (non-hydrogen) atoms. The zero-order valence-electron chi connectivity index (χ0n) is 12.1. The lowest BCUT2D eigenvalue weighted by Crippen LogP contribution is -2.47. The van der Waals surface area contributed by atoms with Crippen LogP contribution in [-0.4, -0.2) is 50.3 Å². The first-order valence-electron chi connectivity index (χ1n) is 7.35. The Labute approximate surface area is 112 Å². The summed E-state index contributed by atoms with van der Waals surface area (Å²) in [5, 5.41) is 3.68. The van der Waals surface area contributed by atoms with Gasteiger partial charge in [-0.25, -0.2) is 0 Å². The molecule has 1 heterocycles. The number of hydrogen-bond donors (Lipinski definition) is 1. The molecule has 0 saturated heterocycles. The van der Waals surface area contributed by atoms with Crippen molar-refractivity contribution in [1.29, 1.82) is 0 Å². The van der Waals surface area contributed by atoms with Crippen LogP contribution in [0.25, 0.3) is 0 Å². The molecule has 2 rings (SSSR count). The van der Waals surface area contributed by atoms with Crippen LogP contribution in [0.2, 0.25) is 0 Å². The molecule has 1 fully saturated rings. The van der Waals surface area contributed by atoms with Gasteiger partial charge in [-0.15, -0.1) is 0 Å². The van der Waals surface area contributed by atoms with Gasteiger partial charge < -0.3 is 10.1 Å². The normalized spacial score (nSPS) is 23.2. The quantitative estimate of drug-likeness (QED) is 0.702. The Morgan fingerprint density at radius 3 is 2.72 bits per heavy atom. The summed E-state index contributed by atoms with van der Waals surface area (Å²) < 4.78 is 5.21. The molecule has 2 aliphatic rings. The minimum absolute atomic E-state index is 0.672. The van der Waals surface area contributed by atoms with Gasteiger partial charge in [0.2, 0.25) is 0 Å². The molecule has 0 spiro atoms. The number of nitrogens with one attached hydrogen (secondary N) is 1. The number of hydrogen-bond acceptors (Lipinski definition) is 3. The minimum Gasteiger partial charge on any atom is -0.380 e. The molecule has 0 amide bonds. The predicted octanol–water partition coefficient (Wildman–Crippen LogP) is 2.04. The van der Waals surface area contributed by atoms with Gasteiger partial charge in [-0.05, 0) is 30.8 Å². The molecule has 0 aromatic carbocycles. The number of rotatable bonds is 7. The Morgan fingerprint density at radius 2 is 2.22 bits per heavy atom. The molecule has 1 N–H and O–H groups in total. The second kappa shape index (κ2) is 6.69. The summed E-state index contributed by atoms with van der Waals surface area (Å²) >= 11 is 0. The summed E-state index contributed by atoms with van der Waals surface area (Å²) in [5.41, 5.74) is 1.46. The first kappa shape index (κ1) is 14.0. The van der Waals surface area contributed by atoms with Crippen LogP contribution in [0, 0.1) is 5.92 Å². The summed E-state index contributed by atoms with van der Waals surface area (Å²) in [6.45, 7) is 8.91. The smallest absolute Gasteiger partial charge is 0.0673 e. The molecule has 1 aliphatic heterocycles. The lowest BCUT2D eigenvalue weighted by Gasteiger charge is -2.36. The van der Waals surface area contributed by atoms with E-state index in [0.29, 0.717) is 12.0 Å². The molecule has 1 aliphatic carbocycles. The van der Waals surface area contributed by atoms with Crippen LogP contribution < -0.4 is 5.32 Å². The summed E-state index contributed by atoms with van der Waals surface area (Å²) in [5.74, 6) is 0.716. The van der Waals surface area contributed by atoms with Crippen molar-refractivity contribution in [1.82, 2.24) is 10.2 Å². The molecule has 3 nitrogen and oxygen atoms in total. The molecule has 1 saturated carbocycles. The van der Waals surface area contributed by atoms with Gasteiger partial charge >= 0.3 is 0 Å². The number of methoxy groups -OCH3 is 1. The zero-order chi connectivity index (χ0) is 13.0. The SMILES string of the molecule is COCC1=CCN(C(CNC2CC2)C(C)C)CC1. The average molecular weight is 252 g/mol. The van der Waals surface area contributed by atoms with Gasteiger partial charge in [0.05, 0.1) is 6.61 Å². The van der Waals surface area contributed by atoms with E-state index in [4.69, 9.17) is 4.74 Å². The van der Waals surface area contributed by atoms with Crippen molar-refractivity contribution in [3.05, 3.63) is 11.6 Å². The monoisotopic (exact) mass is 252 g/mol. The van der Waals surface area contributed by atoms with E-state index in [0.717, 1.165) is 25.7 Å². The molecular formula is C15H28N2O. The fraction of sp³-hybridized carbons (Fsp3) is 0.867. The van der Waals surface area contributed by atoms with E-state index in [1.165, 1.54) is 31.4 Å². The summed E-state index contributed by atoms with van der Waals surface area (Å²) in [6, 6.07) is 1.49. The van der Waals surface area contributed by atoms with Gasteiger partial charge in [-0.2, -0.15) is 0 Å². The summed E-state index contributed by atoms with van der Waals surface area (Å²) in [6.07, 6.45) is 6.28. The Hall–Kier alpha value is -0.380. The topological polar surface area (TPSA) is 24.5 Å². The zero-order valence-corrected chi connectivity index (χ0v) is 12.1. The fourth-order valence-corrected chi connectivity index (χ4v) is 2.71. The Bertz CT molecular complexity index is 284. The summed E-state index contributed by atoms with van der Waals surface area (Å²) in [4.78, 5) is 2.62. The molecule has 1 atom stereocenters. The van der Waals surface area contributed by atoms with Crippen LogP contribution in [0.4, 0.5) is 0 Å². The van der Waals surface area contributed by atoms with Gasteiger partial charge in [-0.1, -0.05) is 19.9 Å². The third-order valence-electron chi connectivity index (χ3n) is 4.10. The van der Waals surface area contributed by atoms with Crippen LogP contribution in [0.5, 0.6) is 0 Å². The van der Waals surface area contributed by atoms with Gasteiger partial charge in [-0.3, -0.25) is 4.90 Å². The number of nitrogens with zero attached hydrogens (tertiary/aromatic N) is 1. The van der Waals surface area contributed by atoms with Crippen molar-refractivity contribution < 1.29 is 4.74 Å². The first-order chi connectivity index (χ1) is 8.70. The van der Waals surface area contributed by atoms with Crippen LogP contribution in [0.1, 0.15) is 33.1 Å². The van der Waals surface area contributed by atoms with Crippen LogP contribution in [0.15, 0.2) is 11.6 Å². The predicted molar refractivity (Wildman–Crippen MR) is 75.8 cm³/mol. The molecular weight excluding hydrogens is 224 g/mol.